The molecule has 0 radical (unpaired) electrons. The van der Waals surface area contributed by atoms with Crippen LogP contribution in [-0.2, 0) is 6.54 Å². The van der Waals surface area contributed by atoms with Crippen LogP contribution in [0.25, 0.3) is 22.2 Å². The molecule has 2 saturated carbocycles. The van der Waals surface area contributed by atoms with Gasteiger partial charge in [-0.15, -0.1) is 0 Å². The number of rotatable bonds is 9. The second-order valence-electron chi connectivity index (χ2n) is 10.5. The van der Waals surface area contributed by atoms with Gasteiger partial charge in [0.1, 0.15) is 12.2 Å². The van der Waals surface area contributed by atoms with Gasteiger partial charge < -0.3 is 20.3 Å². The Kier molecular flexibility index (Phi) is 7.16. The Hall–Kier alpha value is -2.44. The molecule has 0 saturated heterocycles. The third-order valence-corrected chi connectivity index (χ3v) is 7.83. The molecule has 0 spiro atoms. The number of benzene rings is 1. The van der Waals surface area contributed by atoms with Gasteiger partial charge >= 0.3 is 0 Å². The highest BCUT2D eigenvalue weighted by Gasteiger charge is 2.25. The van der Waals surface area contributed by atoms with Gasteiger partial charge in [-0.05, 0) is 63.9 Å². The van der Waals surface area contributed by atoms with Crippen molar-refractivity contribution < 1.29 is 10.4 Å². The highest BCUT2D eigenvalue weighted by molar-refractivity contribution is 5.94. The minimum Gasteiger partial charge on any atom is -0.393 e. The van der Waals surface area contributed by atoms with Gasteiger partial charge in [0.2, 0.25) is 5.95 Å². The molecule has 1 unspecified atom stereocenters. The first-order valence-electron chi connectivity index (χ1n) is 13.4. The third kappa shape index (κ3) is 5.13. The largest absolute Gasteiger partial charge is 0.393 e. The Morgan fingerprint density at radius 1 is 1.12 bits per heavy atom. The topological polar surface area (TPSA) is 79.6 Å². The van der Waals surface area contributed by atoms with Crippen LogP contribution in [0.1, 0.15) is 83.2 Å². The van der Waals surface area contributed by atoms with E-state index in [-0.39, 0.29) is 6.10 Å². The number of nitrogens with two attached hydrogens (primary N) is 1. The summed E-state index contributed by atoms with van der Waals surface area (Å²) in [6, 6.07) is 10.6. The van der Waals surface area contributed by atoms with Crippen LogP contribution in [0.15, 0.2) is 36.7 Å². The Morgan fingerprint density at radius 3 is 2.56 bits per heavy atom. The van der Waals surface area contributed by atoms with Crippen molar-refractivity contribution in [3.05, 3.63) is 42.2 Å². The summed E-state index contributed by atoms with van der Waals surface area (Å²) in [5, 5.41) is 17.1. The molecule has 2 fully saturated rings. The van der Waals surface area contributed by atoms with Gasteiger partial charge in [0.25, 0.3) is 0 Å². The van der Waals surface area contributed by atoms with E-state index in [9.17, 15) is 5.11 Å². The SMILES string of the molecule is CCCC(C)Nc1ncc2c(-c3ccc(C[NH2+]C4CCC4)cc3)cn(C3CCC(O)CC3)c2n1. The number of hydrogen-bond acceptors (Lipinski definition) is 4. The number of nitrogens with zero attached hydrogens (tertiary/aromatic N) is 3. The molecule has 2 heterocycles. The van der Waals surface area contributed by atoms with E-state index in [1.54, 1.807) is 0 Å². The number of fused-ring (bicyclic) bond motifs is 1. The molecule has 1 atom stereocenters. The van der Waals surface area contributed by atoms with Gasteiger partial charge in [0.05, 0.1) is 12.1 Å². The maximum atomic E-state index is 10.0. The summed E-state index contributed by atoms with van der Waals surface area (Å²) >= 11 is 0. The van der Waals surface area contributed by atoms with Crippen LogP contribution in [0.4, 0.5) is 5.95 Å². The third-order valence-electron chi connectivity index (χ3n) is 7.83. The van der Waals surface area contributed by atoms with E-state index < -0.39 is 0 Å². The van der Waals surface area contributed by atoms with E-state index in [0.717, 1.165) is 62.1 Å². The molecule has 0 bridgehead atoms. The summed E-state index contributed by atoms with van der Waals surface area (Å²) in [7, 11) is 0. The van der Waals surface area contributed by atoms with Crippen LogP contribution in [0.5, 0.6) is 0 Å². The van der Waals surface area contributed by atoms with Crippen LogP contribution in [0.3, 0.4) is 0 Å². The van der Waals surface area contributed by atoms with E-state index in [1.165, 1.54) is 36.0 Å². The zero-order valence-electron chi connectivity index (χ0n) is 20.7. The molecule has 0 aliphatic heterocycles. The number of quaternary nitrogens is 1. The lowest BCUT2D eigenvalue weighted by Gasteiger charge is -2.27. The summed E-state index contributed by atoms with van der Waals surface area (Å²) in [6.07, 6.45) is 14.1. The fourth-order valence-electron chi connectivity index (χ4n) is 5.47. The predicted octanol–water partition coefficient (Wildman–Crippen LogP) is 4.79. The second-order valence-corrected chi connectivity index (χ2v) is 10.5. The van der Waals surface area contributed by atoms with Gasteiger partial charge in [-0.25, -0.2) is 4.98 Å². The van der Waals surface area contributed by atoms with E-state index in [2.05, 4.69) is 64.5 Å². The van der Waals surface area contributed by atoms with Gasteiger partial charge in [0.15, 0.2) is 0 Å². The first-order chi connectivity index (χ1) is 16.6. The molecule has 4 N–H and O–H groups in total. The number of anilines is 1. The van der Waals surface area contributed by atoms with Crippen molar-refractivity contribution in [2.75, 3.05) is 5.32 Å². The second kappa shape index (κ2) is 10.4. The molecule has 2 aliphatic carbocycles. The van der Waals surface area contributed by atoms with Gasteiger partial charge in [-0.1, -0.05) is 37.6 Å². The van der Waals surface area contributed by atoms with Gasteiger partial charge in [0, 0.05) is 41.0 Å². The summed E-state index contributed by atoms with van der Waals surface area (Å²) in [4.78, 5) is 9.68. The standard InChI is InChI=1S/C28H39N5O/c1-3-5-19(2)31-28-30-17-25-26(18-33(27(25)32-28)23-12-14-24(34)15-13-23)21-10-8-20(9-11-21)16-29-22-6-4-7-22/h8-11,17-19,22-24,29,34H,3-7,12-16H2,1-2H3,(H,30,31,32)/p+1. The highest BCUT2D eigenvalue weighted by Crippen LogP contribution is 2.36. The Balaban J connectivity index is 1.44. The lowest BCUT2D eigenvalue weighted by molar-refractivity contribution is -0.713. The number of aromatic nitrogens is 3. The normalized spacial score (nSPS) is 22.0. The van der Waals surface area contributed by atoms with Crippen LogP contribution in [0, 0.1) is 0 Å². The first-order valence-corrected chi connectivity index (χ1v) is 13.4. The molecule has 0 amide bonds. The molecule has 182 valence electrons. The molecular weight excluding hydrogens is 422 g/mol. The van der Waals surface area contributed by atoms with E-state index in [0.29, 0.717) is 18.0 Å². The van der Waals surface area contributed by atoms with E-state index >= 15 is 0 Å². The number of hydrogen-bond donors (Lipinski definition) is 3. The maximum absolute atomic E-state index is 10.0. The summed E-state index contributed by atoms with van der Waals surface area (Å²) in [5.74, 6) is 0.706. The average Bonchev–Trinajstić information content (AvgIpc) is 3.18. The molecule has 6 nitrogen and oxygen atoms in total. The number of aliphatic hydroxyl groups is 1. The summed E-state index contributed by atoms with van der Waals surface area (Å²) in [6.45, 7) is 5.45. The quantitative estimate of drug-likeness (QED) is 0.427. The molecule has 2 aromatic heterocycles. The van der Waals surface area contributed by atoms with E-state index in [1.807, 2.05) is 6.20 Å². The minimum atomic E-state index is -0.163. The average molecular weight is 463 g/mol. The monoisotopic (exact) mass is 462 g/mol. The van der Waals surface area contributed by atoms with Crippen molar-refractivity contribution in [2.45, 2.75) is 102 Å². The van der Waals surface area contributed by atoms with Crippen LogP contribution >= 0.6 is 0 Å². The van der Waals surface area contributed by atoms with Crippen molar-refractivity contribution in [1.29, 1.82) is 0 Å². The molecular formula is C28H40N5O+. The maximum Gasteiger partial charge on any atom is 0.224 e. The molecule has 1 aromatic carbocycles. The van der Waals surface area contributed by atoms with Crippen LogP contribution < -0.4 is 10.6 Å². The highest BCUT2D eigenvalue weighted by atomic mass is 16.3. The molecule has 5 rings (SSSR count). The Morgan fingerprint density at radius 2 is 1.88 bits per heavy atom. The van der Waals surface area contributed by atoms with Crippen LogP contribution in [0.2, 0.25) is 0 Å². The fraction of sp³-hybridized carbons (Fsp3) is 0.571. The molecule has 6 heteroatoms. The van der Waals surface area contributed by atoms with Crippen LogP contribution in [-0.4, -0.2) is 37.8 Å². The van der Waals surface area contributed by atoms with E-state index in [4.69, 9.17) is 4.98 Å². The van der Waals surface area contributed by atoms with Gasteiger partial charge in [-0.3, -0.25) is 0 Å². The number of nitrogens with one attached hydrogen (secondary N) is 1. The first kappa shape index (κ1) is 23.3. The summed E-state index contributed by atoms with van der Waals surface area (Å²) < 4.78 is 2.35. The van der Waals surface area contributed by atoms with Crippen molar-refractivity contribution in [2.24, 2.45) is 0 Å². The Labute approximate surface area is 203 Å². The van der Waals surface area contributed by atoms with Crippen molar-refractivity contribution in [3.8, 4) is 11.1 Å². The zero-order chi connectivity index (χ0) is 23.5. The molecule has 3 aromatic rings. The smallest absolute Gasteiger partial charge is 0.224 e. The van der Waals surface area contributed by atoms with Crippen molar-refractivity contribution in [1.82, 2.24) is 14.5 Å². The zero-order valence-corrected chi connectivity index (χ0v) is 20.7. The molecule has 34 heavy (non-hydrogen) atoms. The molecule has 2 aliphatic rings. The lowest BCUT2D eigenvalue weighted by Crippen LogP contribution is -2.90. The van der Waals surface area contributed by atoms with Gasteiger partial charge in [-0.2, -0.15) is 4.98 Å². The fourth-order valence-corrected chi connectivity index (χ4v) is 5.47. The predicted molar refractivity (Wildman–Crippen MR) is 138 cm³/mol. The Bertz CT molecular complexity index is 1080. The van der Waals surface area contributed by atoms with Crippen molar-refractivity contribution >= 4 is 17.0 Å². The number of aliphatic hydroxyl groups excluding tert-OH is 1. The lowest BCUT2D eigenvalue weighted by atomic mass is 9.93. The minimum absolute atomic E-state index is 0.163. The van der Waals surface area contributed by atoms with Crippen molar-refractivity contribution in [3.63, 3.8) is 0 Å². The summed E-state index contributed by atoms with van der Waals surface area (Å²) in [5.41, 5.74) is 4.80.